The first-order chi connectivity index (χ1) is 12.5. The summed E-state index contributed by atoms with van der Waals surface area (Å²) >= 11 is 1.62. The maximum absolute atomic E-state index is 12.1. The molecule has 0 saturated carbocycles. The minimum atomic E-state index is -0.0973. The van der Waals surface area contributed by atoms with Crippen molar-refractivity contribution in [1.82, 2.24) is 20.5 Å². The first-order valence-corrected chi connectivity index (χ1v) is 9.12. The van der Waals surface area contributed by atoms with Gasteiger partial charge >= 0.3 is 0 Å². The molecule has 0 saturated heterocycles. The van der Waals surface area contributed by atoms with Gasteiger partial charge in [0, 0.05) is 26.0 Å². The van der Waals surface area contributed by atoms with Gasteiger partial charge in [0.2, 0.25) is 5.91 Å². The highest BCUT2D eigenvalue weighted by molar-refractivity contribution is 7.09. The fourth-order valence-electron chi connectivity index (χ4n) is 2.35. The van der Waals surface area contributed by atoms with Gasteiger partial charge in [-0.1, -0.05) is 12.1 Å². The van der Waals surface area contributed by atoms with Gasteiger partial charge in [-0.25, -0.2) is 4.98 Å². The number of thiazole rings is 1. The Morgan fingerprint density at radius 3 is 2.62 bits per heavy atom. The zero-order valence-corrected chi connectivity index (χ0v) is 16.4. The molecule has 0 spiro atoms. The summed E-state index contributed by atoms with van der Waals surface area (Å²) in [5.41, 5.74) is 2.00. The predicted octanol–water partition coefficient (Wildman–Crippen LogP) is 1.78. The Labute approximate surface area is 158 Å². The molecule has 1 heterocycles. The van der Waals surface area contributed by atoms with E-state index in [9.17, 15) is 4.79 Å². The summed E-state index contributed by atoms with van der Waals surface area (Å²) in [6.07, 6.45) is 0. The molecule has 1 aromatic heterocycles. The quantitative estimate of drug-likeness (QED) is 0.570. The normalized spacial score (nSPS) is 11.2. The third-order valence-electron chi connectivity index (χ3n) is 3.69. The van der Waals surface area contributed by atoms with Crippen LogP contribution in [-0.4, -0.2) is 49.5 Å². The van der Waals surface area contributed by atoms with Gasteiger partial charge in [0.15, 0.2) is 5.96 Å². The van der Waals surface area contributed by atoms with Gasteiger partial charge in [0.25, 0.3) is 0 Å². The molecule has 26 heavy (non-hydrogen) atoms. The second-order valence-electron chi connectivity index (χ2n) is 5.74. The van der Waals surface area contributed by atoms with Crippen LogP contribution in [0.4, 0.5) is 0 Å². The second-order valence-corrected chi connectivity index (χ2v) is 6.80. The smallest absolute Gasteiger partial charge is 0.239 e. The highest BCUT2D eigenvalue weighted by Gasteiger charge is 2.10. The SMILES string of the molecule is CN=C(NCC(=O)NCc1ccc(OC)cc1)N(C)Cc1csc(C)n1. The fourth-order valence-corrected chi connectivity index (χ4v) is 2.95. The van der Waals surface area contributed by atoms with Crippen LogP contribution in [0.25, 0.3) is 0 Å². The minimum absolute atomic E-state index is 0.0973. The van der Waals surface area contributed by atoms with E-state index >= 15 is 0 Å². The lowest BCUT2D eigenvalue weighted by atomic mass is 10.2. The maximum atomic E-state index is 12.1. The first kappa shape index (κ1) is 19.7. The molecule has 0 radical (unpaired) electrons. The number of hydrogen-bond acceptors (Lipinski definition) is 5. The molecule has 0 atom stereocenters. The van der Waals surface area contributed by atoms with Crippen molar-refractivity contribution in [3.05, 3.63) is 45.9 Å². The average molecular weight is 375 g/mol. The van der Waals surface area contributed by atoms with Crippen LogP contribution in [0, 0.1) is 6.92 Å². The number of benzene rings is 1. The molecule has 0 fully saturated rings. The lowest BCUT2D eigenvalue weighted by Gasteiger charge is -2.21. The highest BCUT2D eigenvalue weighted by Crippen LogP contribution is 2.11. The molecule has 8 heteroatoms. The van der Waals surface area contributed by atoms with Crippen LogP contribution in [0.3, 0.4) is 0 Å². The highest BCUT2D eigenvalue weighted by atomic mass is 32.1. The molecular weight excluding hydrogens is 350 g/mol. The van der Waals surface area contributed by atoms with Gasteiger partial charge in [0.1, 0.15) is 5.75 Å². The van der Waals surface area contributed by atoms with E-state index in [-0.39, 0.29) is 12.5 Å². The Morgan fingerprint density at radius 2 is 2.04 bits per heavy atom. The van der Waals surface area contributed by atoms with Crippen molar-refractivity contribution in [3.63, 3.8) is 0 Å². The summed E-state index contributed by atoms with van der Waals surface area (Å²) in [7, 11) is 5.24. The molecule has 0 aliphatic rings. The van der Waals surface area contributed by atoms with Crippen LogP contribution in [0.2, 0.25) is 0 Å². The number of rotatable bonds is 7. The number of aromatic nitrogens is 1. The second kappa shape index (κ2) is 9.76. The van der Waals surface area contributed by atoms with Gasteiger partial charge in [-0.2, -0.15) is 0 Å². The number of ether oxygens (including phenoxy) is 1. The maximum Gasteiger partial charge on any atom is 0.239 e. The zero-order valence-electron chi connectivity index (χ0n) is 15.6. The number of methoxy groups -OCH3 is 1. The molecule has 0 aliphatic heterocycles. The lowest BCUT2D eigenvalue weighted by Crippen LogP contribution is -2.43. The van der Waals surface area contributed by atoms with E-state index in [1.165, 1.54) is 0 Å². The number of carbonyl (C=O) groups is 1. The predicted molar refractivity (Wildman–Crippen MR) is 105 cm³/mol. The van der Waals surface area contributed by atoms with Crippen molar-refractivity contribution in [1.29, 1.82) is 0 Å². The number of guanidine groups is 1. The van der Waals surface area contributed by atoms with Crippen LogP contribution in [0.5, 0.6) is 5.75 Å². The molecule has 0 bridgehead atoms. The summed E-state index contributed by atoms with van der Waals surface area (Å²) < 4.78 is 5.12. The summed E-state index contributed by atoms with van der Waals surface area (Å²) in [4.78, 5) is 22.7. The largest absolute Gasteiger partial charge is 0.497 e. The third kappa shape index (κ3) is 6.03. The number of nitrogens with one attached hydrogen (secondary N) is 2. The van der Waals surface area contributed by atoms with E-state index in [0.717, 1.165) is 22.0 Å². The molecule has 2 rings (SSSR count). The van der Waals surface area contributed by atoms with E-state index in [1.807, 2.05) is 48.5 Å². The first-order valence-electron chi connectivity index (χ1n) is 8.24. The van der Waals surface area contributed by atoms with Crippen molar-refractivity contribution in [2.24, 2.45) is 4.99 Å². The number of hydrogen-bond donors (Lipinski definition) is 2. The molecule has 7 nitrogen and oxygen atoms in total. The van der Waals surface area contributed by atoms with E-state index in [1.54, 1.807) is 25.5 Å². The number of carbonyl (C=O) groups excluding carboxylic acids is 1. The van der Waals surface area contributed by atoms with E-state index in [4.69, 9.17) is 4.74 Å². The Kier molecular flexibility index (Phi) is 7.40. The molecule has 2 aromatic rings. The lowest BCUT2D eigenvalue weighted by molar-refractivity contribution is -0.120. The minimum Gasteiger partial charge on any atom is -0.497 e. The summed E-state index contributed by atoms with van der Waals surface area (Å²) in [5.74, 6) is 1.35. The molecule has 1 amide bonds. The molecule has 1 aromatic carbocycles. The Balaban J connectivity index is 1.76. The number of aliphatic imine (C=N–C) groups is 1. The molecule has 0 unspecified atom stereocenters. The van der Waals surface area contributed by atoms with Crippen LogP contribution in [0.1, 0.15) is 16.3 Å². The van der Waals surface area contributed by atoms with Gasteiger partial charge in [0.05, 0.1) is 30.9 Å². The van der Waals surface area contributed by atoms with Crippen molar-refractivity contribution < 1.29 is 9.53 Å². The van der Waals surface area contributed by atoms with Gasteiger partial charge in [-0.05, 0) is 24.6 Å². The van der Waals surface area contributed by atoms with Gasteiger partial charge in [-0.3, -0.25) is 9.79 Å². The third-order valence-corrected chi connectivity index (χ3v) is 4.52. The fraction of sp³-hybridized carbons (Fsp3) is 0.389. The standard InChI is InChI=1S/C18H25N5O2S/c1-13-22-15(12-26-13)11-23(3)18(19-2)21-10-17(24)20-9-14-5-7-16(25-4)8-6-14/h5-8,12H,9-11H2,1-4H3,(H,19,21)(H,20,24). The van der Waals surface area contributed by atoms with Crippen molar-refractivity contribution in [2.45, 2.75) is 20.0 Å². The number of aryl methyl sites for hydroxylation is 1. The zero-order chi connectivity index (χ0) is 18.9. The Bertz CT molecular complexity index is 742. The number of amides is 1. The monoisotopic (exact) mass is 375 g/mol. The van der Waals surface area contributed by atoms with Crippen LogP contribution < -0.4 is 15.4 Å². The Hall–Kier alpha value is -2.61. The van der Waals surface area contributed by atoms with Gasteiger partial charge in [-0.15, -0.1) is 11.3 Å². The summed E-state index contributed by atoms with van der Waals surface area (Å²) in [5, 5.41) is 9.02. The van der Waals surface area contributed by atoms with Crippen molar-refractivity contribution in [3.8, 4) is 5.75 Å². The van der Waals surface area contributed by atoms with Crippen LogP contribution in [0.15, 0.2) is 34.6 Å². The number of nitrogens with zero attached hydrogens (tertiary/aromatic N) is 3. The summed E-state index contributed by atoms with van der Waals surface area (Å²) in [6, 6.07) is 7.59. The molecular formula is C18H25N5O2S. The van der Waals surface area contributed by atoms with Crippen LogP contribution >= 0.6 is 11.3 Å². The molecule has 140 valence electrons. The molecule has 2 N–H and O–H groups in total. The average Bonchev–Trinajstić information content (AvgIpc) is 3.05. The van der Waals surface area contributed by atoms with Crippen molar-refractivity contribution in [2.75, 3.05) is 27.7 Å². The van der Waals surface area contributed by atoms with Crippen molar-refractivity contribution >= 4 is 23.2 Å². The van der Waals surface area contributed by atoms with Crippen LogP contribution in [-0.2, 0) is 17.9 Å². The van der Waals surface area contributed by atoms with Gasteiger partial charge < -0.3 is 20.3 Å². The topological polar surface area (TPSA) is 78.8 Å². The van der Waals surface area contributed by atoms with E-state index in [2.05, 4.69) is 20.6 Å². The Morgan fingerprint density at radius 1 is 1.31 bits per heavy atom. The molecule has 0 aliphatic carbocycles. The van der Waals surface area contributed by atoms with E-state index in [0.29, 0.717) is 19.0 Å². The van der Waals surface area contributed by atoms with E-state index < -0.39 is 0 Å². The summed E-state index contributed by atoms with van der Waals surface area (Å²) in [6.45, 7) is 3.24.